The van der Waals surface area contributed by atoms with Crippen molar-refractivity contribution in [3.63, 3.8) is 0 Å². The minimum absolute atomic E-state index is 0.0181. The fraction of sp³-hybridized carbons (Fsp3) is 0.556. The van der Waals surface area contributed by atoms with E-state index in [0.717, 1.165) is 0 Å². The molecule has 0 bridgehead atoms. The Kier molecular flexibility index (Phi) is 2.40. The van der Waals surface area contributed by atoms with Crippen molar-refractivity contribution in [3.05, 3.63) is 18.5 Å². The molecule has 0 saturated heterocycles. The zero-order valence-corrected chi connectivity index (χ0v) is 8.40. The summed E-state index contributed by atoms with van der Waals surface area (Å²) in [4.78, 5) is 13.3. The molecule has 71 valence electrons. The van der Waals surface area contributed by atoms with E-state index in [1.165, 1.54) is 0 Å². The van der Waals surface area contributed by atoms with Crippen LogP contribution in [0.4, 0.5) is 0 Å². The van der Waals surface area contributed by atoms with Crippen LogP contribution in [-0.4, -0.2) is 34.7 Å². The minimum Gasteiger partial charge on any atom is -0.347 e. The van der Waals surface area contributed by atoms with Crippen LogP contribution in [0.25, 0.3) is 0 Å². The maximum absolute atomic E-state index is 11.7. The lowest BCUT2D eigenvalue weighted by atomic mass is 10.0. The molecule has 0 N–H and O–H groups in total. The van der Waals surface area contributed by atoms with Crippen molar-refractivity contribution in [2.75, 3.05) is 14.1 Å². The van der Waals surface area contributed by atoms with Gasteiger partial charge >= 0.3 is 0 Å². The smallest absolute Gasteiger partial charge is 0.249 e. The standard InChI is InChI=1S/C9H14N3O/c1-9(2,8(13)11(3)4)12-7-5-6-10-12/h6-7H,1-4H3. The Bertz CT molecular complexity index is 288. The number of likely N-dealkylation sites (N-methyl/N-ethyl adjacent to an activating group) is 1. The summed E-state index contributed by atoms with van der Waals surface area (Å²) in [5.74, 6) is 0.0181. The summed E-state index contributed by atoms with van der Waals surface area (Å²) in [5.41, 5.74) is -0.635. The number of aromatic nitrogens is 2. The van der Waals surface area contributed by atoms with E-state index in [1.54, 1.807) is 36.1 Å². The summed E-state index contributed by atoms with van der Waals surface area (Å²) in [5, 5.41) is 4.00. The molecule has 1 rings (SSSR count). The lowest BCUT2D eigenvalue weighted by molar-refractivity contribution is -0.137. The van der Waals surface area contributed by atoms with Crippen LogP contribution in [-0.2, 0) is 10.3 Å². The minimum atomic E-state index is -0.635. The fourth-order valence-corrected chi connectivity index (χ4v) is 1.18. The van der Waals surface area contributed by atoms with Gasteiger partial charge in [-0.3, -0.25) is 9.48 Å². The predicted molar refractivity (Wildman–Crippen MR) is 49.1 cm³/mol. The van der Waals surface area contributed by atoms with E-state index in [1.807, 2.05) is 13.8 Å². The third-order valence-corrected chi connectivity index (χ3v) is 1.96. The zero-order chi connectivity index (χ0) is 10.1. The van der Waals surface area contributed by atoms with Gasteiger partial charge in [-0.25, -0.2) is 0 Å². The molecule has 13 heavy (non-hydrogen) atoms. The Balaban J connectivity index is 2.95. The van der Waals surface area contributed by atoms with E-state index in [9.17, 15) is 4.79 Å². The lowest BCUT2D eigenvalue weighted by Gasteiger charge is -2.27. The van der Waals surface area contributed by atoms with E-state index >= 15 is 0 Å². The summed E-state index contributed by atoms with van der Waals surface area (Å²) in [7, 11) is 3.47. The van der Waals surface area contributed by atoms with Crippen molar-refractivity contribution < 1.29 is 4.79 Å². The zero-order valence-electron chi connectivity index (χ0n) is 8.40. The number of hydrogen-bond donors (Lipinski definition) is 0. The third-order valence-electron chi connectivity index (χ3n) is 1.96. The summed E-state index contributed by atoms with van der Waals surface area (Å²) in [6.45, 7) is 3.66. The second-order valence-corrected chi connectivity index (χ2v) is 3.64. The molecule has 4 heteroatoms. The van der Waals surface area contributed by atoms with Crippen LogP contribution in [0.3, 0.4) is 0 Å². The average Bonchev–Trinajstić information content (AvgIpc) is 2.54. The molecule has 0 atom stereocenters. The van der Waals surface area contributed by atoms with Crippen LogP contribution >= 0.6 is 0 Å². The van der Waals surface area contributed by atoms with Crippen LogP contribution < -0.4 is 0 Å². The largest absolute Gasteiger partial charge is 0.347 e. The van der Waals surface area contributed by atoms with E-state index < -0.39 is 5.54 Å². The van der Waals surface area contributed by atoms with Crippen molar-refractivity contribution in [2.24, 2.45) is 0 Å². The van der Waals surface area contributed by atoms with Crippen LogP contribution in [0.1, 0.15) is 13.8 Å². The molecular weight excluding hydrogens is 166 g/mol. The van der Waals surface area contributed by atoms with Crippen LogP contribution in [0.5, 0.6) is 0 Å². The van der Waals surface area contributed by atoms with Gasteiger partial charge in [0.1, 0.15) is 5.54 Å². The fourth-order valence-electron chi connectivity index (χ4n) is 1.18. The molecule has 0 aliphatic rings. The molecule has 0 unspecified atom stereocenters. The molecule has 1 radical (unpaired) electrons. The Morgan fingerprint density at radius 1 is 1.54 bits per heavy atom. The van der Waals surface area contributed by atoms with Crippen molar-refractivity contribution in [3.8, 4) is 0 Å². The van der Waals surface area contributed by atoms with Crippen molar-refractivity contribution in [2.45, 2.75) is 19.4 Å². The SMILES string of the molecule is CN(C)C(=O)C(C)(C)n1c[c]cn1. The molecule has 0 aliphatic carbocycles. The molecule has 1 aromatic heterocycles. The number of carbonyl (C=O) groups is 1. The highest BCUT2D eigenvalue weighted by molar-refractivity contribution is 5.83. The number of rotatable bonds is 2. The van der Waals surface area contributed by atoms with Gasteiger partial charge in [0, 0.05) is 26.4 Å². The van der Waals surface area contributed by atoms with Gasteiger partial charge in [-0.05, 0) is 13.8 Å². The predicted octanol–water partition coefficient (Wildman–Crippen LogP) is 0.507. The number of hydrogen-bond acceptors (Lipinski definition) is 2. The molecule has 0 spiro atoms. The molecule has 4 nitrogen and oxygen atoms in total. The highest BCUT2D eigenvalue weighted by atomic mass is 16.2. The van der Waals surface area contributed by atoms with E-state index in [-0.39, 0.29) is 5.91 Å². The first-order valence-corrected chi connectivity index (χ1v) is 4.09. The van der Waals surface area contributed by atoms with Gasteiger partial charge in [-0.1, -0.05) is 0 Å². The average molecular weight is 180 g/mol. The first kappa shape index (κ1) is 9.77. The first-order chi connectivity index (χ1) is 5.96. The Labute approximate surface area is 78.1 Å². The summed E-state index contributed by atoms with van der Waals surface area (Å²) < 4.78 is 1.61. The maximum Gasteiger partial charge on any atom is 0.249 e. The summed E-state index contributed by atoms with van der Waals surface area (Å²) >= 11 is 0. The Morgan fingerprint density at radius 2 is 2.15 bits per heavy atom. The highest BCUT2D eigenvalue weighted by Crippen LogP contribution is 2.15. The van der Waals surface area contributed by atoms with Crippen LogP contribution in [0, 0.1) is 6.07 Å². The molecule has 0 saturated carbocycles. The van der Waals surface area contributed by atoms with Crippen molar-refractivity contribution >= 4 is 5.91 Å². The van der Waals surface area contributed by atoms with Crippen molar-refractivity contribution in [1.29, 1.82) is 0 Å². The van der Waals surface area contributed by atoms with Gasteiger partial charge in [0.15, 0.2) is 0 Å². The number of amides is 1. The van der Waals surface area contributed by atoms with Crippen molar-refractivity contribution in [1.82, 2.24) is 14.7 Å². The number of carbonyl (C=O) groups excluding carboxylic acids is 1. The van der Waals surface area contributed by atoms with E-state index in [2.05, 4.69) is 11.2 Å². The number of nitrogens with zero attached hydrogens (tertiary/aromatic N) is 3. The normalized spacial score (nSPS) is 11.4. The Morgan fingerprint density at radius 3 is 2.54 bits per heavy atom. The first-order valence-electron chi connectivity index (χ1n) is 4.09. The molecule has 0 aromatic carbocycles. The van der Waals surface area contributed by atoms with Crippen LogP contribution in [0.2, 0.25) is 0 Å². The molecule has 1 aromatic rings. The molecule has 0 aliphatic heterocycles. The maximum atomic E-state index is 11.7. The van der Waals surface area contributed by atoms with E-state index in [0.29, 0.717) is 0 Å². The molecule has 1 amide bonds. The van der Waals surface area contributed by atoms with Gasteiger partial charge in [-0.2, -0.15) is 5.10 Å². The summed E-state index contributed by atoms with van der Waals surface area (Å²) in [6.07, 6.45) is 3.21. The molecule has 1 heterocycles. The second-order valence-electron chi connectivity index (χ2n) is 3.64. The Hall–Kier alpha value is -1.32. The summed E-state index contributed by atoms with van der Waals surface area (Å²) in [6, 6.07) is 2.81. The lowest BCUT2D eigenvalue weighted by Crippen LogP contribution is -2.44. The van der Waals surface area contributed by atoms with Gasteiger partial charge in [0.05, 0.1) is 6.20 Å². The molecule has 0 fully saturated rings. The third kappa shape index (κ3) is 1.71. The van der Waals surface area contributed by atoms with Gasteiger partial charge < -0.3 is 4.90 Å². The molecular formula is C9H14N3O. The topological polar surface area (TPSA) is 38.1 Å². The van der Waals surface area contributed by atoms with Gasteiger partial charge in [-0.15, -0.1) is 0 Å². The second kappa shape index (κ2) is 3.20. The quantitative estimate of drug-likeness (QED) is 0.665. The van der Waals surface area contributed by atoms with Crippen LogP contribution in [0.15, 0.2) is 12.4 Å². The van der Waals surface area contributed by atoms with E-state index in [4.69, 9.17) is 0 Å². The highest BCUT2D eigenvalue weighted by Gasteiger charge is 2.31. The monoisotopic (exact) mass is 180 g/mol. The van der Waals surface area contributed by atoms with Gasteiger partial charge in [0.25, 0.3) is 0 Å². The van der Waals surface area contributed by atoms with Gasteiger partial charge in [0.2, 0.25) is 5.91 Å².